The number of likely N-dealkylation sites (N-methyl/N-ethyl adjacent to an activating group) is 1. The minimum atomic E-state index is -1.22. The molecule has 0 bridgehead atoms. The normalized spacial score (nSPS) is 21.2. The summed E-state index contributed by atoms with van der Waals surface area (Å²) in [5, 5.41) is 14.9. The average Bonchev–Trinajstić information content (AvgIpc) is 2.75. The lowest BCUT2D eigenvalue weighted by Crippen LogP contribution is -2.76. The summed E-state index contributed by atoms with van der Waals surface area (Å²) in [5.74, 6) is -2.50. The minimum Gasteiger partial charge on any atom is -0.481 e. The second kappa shape index (κ2) is 10.6. The van der Waals surface area contributed by atoms with Crippen LogP contribution in [0.3, 0.4) is 0 Å². The molecule has 2 aliphatic heterocycles. The van der Waals surface area contributed by atoms with Gasteiger partial charge in [0.1, 0.15) is 18.0 Å². The molecule has 0 spiro atoms. The Labute approximate surface area is 190 Å². The molecule has 1 aromatic rings. The number of fused-ring (bicyclic) bond motifs is 1. The maximum atomic E-state index is 13.1. The van der Waals surface area contributed by atoms with Gasteiger partial charge in [-0.1, -0.05) is 12.1 Å². The Kier molecular flexibility index (Phi) is 7.82. The van der Waals surface area contributed by atoms with Gasteiger partial charge in [-0.2, -0.15) is 0 Å². The minimum absolute atomic E-state index is 0.0404. The quantitative estimate of drug-likeness (QED) is 0.521. The zero-order chi connectivity index (χ0) is 24.1. The lowest BCUT2D eigenvalue weighted by molar-refractivity contribution is -0.188. The fourth-order valence-electron chi connectivity index (χ4n) is 4.13. The number of amides is 4. The summed E-state index contributed by atoms with van der Waals surface area (Å²) in [6.45, 7) is 0.684. The first-order valence-corrected chi connectivity index (χ1v) is 10.6. The molecule has 0 aromatic heterocycles. The third kappa shape index (κ3) is 5.57. The Hall–Kier alpha value is -3.25. The van der Waals surface area contributed by atoms with Crippen molar-refractivity contribution in [3.63, 3.8) is 0 Å². The second-order valence-electron chi connectivity index (χ2n) is 7.97. The number of nitrogens with zero attached hydrogens (tertiary/aromatic N) is 4. The molecule has 0 radical (unpaired) electrons. The molecule has 2 saturated heterocycles. The van der Waals surface area contributed by atoms with Crippen LogP contribution in [0.15, 0.2) is 24.3 Å². The van der Waals surface area contributed by atoms with Gasteiger partial charge in [-0.25, -0.2) is 19.2 Å². The summed E-state index contributed by atoms with van der Waals surface area (Å²) in [6.07, 6.45) is -0.902. The molecule has 11 nitrogen and oxygen atoms in total. The number of rotatable bonds is 8. The fraction of sp³-hybridized carbons (Fsp3) is 0.524. The van der Waals surface area contributed by atoms with E-state index < -0.39 is 42.4 Å². The molecule has 0 unspecified atom stereocenters. The van der Waals surface area contributed by atoms with E-state index in [1.54, 1.807) is 19.2 Å². The molecule has 0 aliphatic carbocycles. The summed E-state index contributed by atoms with van der Waals surface area (Å²) < 4.78 is 18.2. The number of nitrogens with one attached hydrogen (secondary N) is 1. The molecule has 2 N–H and O–H groups in total. The first kappa shape index (κ1) is 24.4. The maximum Gasteiger partial charge on any atom is 0.334 e. The molecule has 12 heteroatoms. The van der Waals surface area contributed by atoms with Crippen molar-refractivity contribution in [1.82, 2.24) is 25.1 Å². The van der Waals surface area contributed by atoms with Crippen molar-refractivity contribution < 1.29 is 33.4 Å². The molecule has 3 rings (SSSR count). The number of aliphatic carboxylic acids is 1. The average molecular weight is 465 g/mol. The van der Waals surface area contributed by atoms with Crippen molar-refractivity contribution >= 4 is 23.8 Å². The van der Waals surface area contributed by atoms with Crippen LogP contribution in [0.4, 0.5) is 9.18 Å². The number of hydrogen-bond acceptors (Lipinski definition) is 6. The van der Waals surface area contributed by atoms with Gasteiger partial charge >= 0.3 is 12.0 Å². The Bertz CT molecular complexity index is 898. The van der Waals surface area contributed by atoms with E-state index in [1.165, 1.54) is 39.1 Å². The van der Waals surface area contributed by atoms with Crippen molar-refractivity contribution in [2.75, 3.05) is 40.4 Å². The Morgan fingerprint density at radius 2 is 1.94 bits per heavy atom. The van der Waals surface area contributed by atoms with E-state index in [0.717, 1.165) is 0 Å². The van der Waals surface area contributed by atoms with E-state index in [4.69, 9.17) is 4.74 Å². The maximum absolute atomic E-state index is 13.1. The number of benzene rings is 1. The topological polar surface area (TPSA) is 123 Å². The molecule has 180 valence electrons. The molecule has 2 heterocycles. The van der Waals surface area contributed by atoms with Crippen molar-refractivity contribution in [1.29, 1.82) is 0 Å². The number of carbonyl (C=O) groups is 4. The SMILES string of the molecule is COCCCN1C[C@H]2N(C(=O)CN(C)N2C(=O)NCc2ccc(F)cc2)[C@@H](CC(=O)O)C1=O. The predicted molar refractivity (Wildman–Crippen MR) is 113 cm³/mol. The van der Waals surface area contributed by atoms with Crippen LogP contribution in [-0.4, -0.2) is 101 Å². The molecule has 0 saturated carbocycles. The molecule has 4 amide bonds. The zero-order valence-corrected chi connectivity index (χ0v) is 18.6. The summed E-state index contributed by atoms with van der Waals surface area (Å²) in [4.78, 5) is 53.1. The van der Waals surface area contributed by atoms with Crippen LogP contribution >= 0.6 is 0 Å². The number of carbonyl (C=O) groups excluding carboxylic acids is 3. The lowest BCUT2D eigenvalue weighted by Gasteiger charge is -2.54. The van der Waals surface area contributed by atoms with Crippen molar-refractivity contribution in [2.45, 2.75) is 31.6 Å². The highest BCUT2D eigenvalue weighted by Crippen LogP contribution is 2.27. The lowest BCUT2D eigenvalue weighted by atomic mass is 10.0. The van der Waals surface area contributed by atoms with Gasteiger partial charge in [0.25, 0.3) is 0 Å². The summed E-state index contributed by atoms with van der Waals surface area (Å²) in [5.41, 5.74) is 0.682. The third-order valence-corrected chi connectivity index (χ3v) is 5.65. The van der Waals surface area contributed by atoms with Gasteiger partial charge in [0, 0.05) is 33.9 Å². The highest BCUT2D eigenvalue weighted by atomic mass is 19.1. The van der Waals surface area contributed by atoms with Gasteiger partial charge in [-0.15, -0.1) is 0 Å². The van der Waals surface area contributed by atoms with Gasteiger partial charge in [0.2, 0.25) is 11.8 Å². The molecule has 33 heavy (non-hydrogen) atoms. The molecular formula is C21H28FN5O6. The van der Waals surface area contributed by atoms with Crippen molar-refractivity contribution in [3.8, 4) is 0 Å². The van der Waals surface area contributed by atoms with E-state index in [2.05, 4.69) is 5.32 Å². The van der Waals surface area contributed by atoms with Crippen LogP contribution in [0.5, 0.6) is 0 Å². The number of carboxylic acids is 1. The Balaban J connectivity index is 1.83. The van der Waals surface area contributed by atoms with Crippen LogP contribution < -0.4 is 5.32 Å². The predicted octanol–water partition coefficient (Wildman–Crippen LogP) is 0.0744. The number of piperazine rings is 1. The van der Waals surface area contributed by atoms with Crippen LogP contribution in [-0.2, 0) is 25.7 Å². The van der Waals surface area contributed by atoms with E-state index in [-0.39, 0.29) is 25.5 Å². The summed E-state index contributed by atoms with van der Waals surface area (Å²) in [6, 6.07) is 3.93. The van der Waals surface area contributed by atoms with E-state index in [1.807, 2.05) is 0 Å². The zero-order valence-electron chi connectivity index (χ0n) is 18.6. The highest BCUT2D eigenvalue weighted by molar-refractivity contribution is 5.93. The van der Waals surface area contributed by atoms with Gasteiger partial charge in [-0.3, -0.25) is 14.4 Å². The van der Waals surface area contributed by atoms with Crippen LogP contribution in [0.2, 0.25) is 0 Å². The number of methoxy groups -OCH3 is 1. The van der Waals surface area contributed by atoms with Gasteiger partial charge in [0.15, 0.2) is 0 Å². The fourth-order valence-corrected chi connectivity index (χ4v) is 4.13. The smallest absolute Gasteiger partial charge is 0.334 e. The number of carboxylic acid groups (broad SMARTS) is 1. The third-order valence-electron chi connectivity index (χ3n) is 5.65. The monoisotopic (exact) mass is 465 g/mol. The number of halogens is 1. The van der Waals surface area contributed by atoms with Gasteiger partial charge in [-0.05, 0) is 24.1 Å². The van der Waals surface area contributed by atoms with E-state index in [0.29, 0.717) is 25.1 Å². The largest absolute Gasteiger partial charge is 0.481 e. The van der Waals surface area contributed by atoms with E-state index >= 15 is 0 Å². The molecule has 2 aliphatic rings. The first-order chi connectivity index (χ1) is 15.7. The highest BCUT2D eigenvalue weighted by Gasteiger charge is 2.51. The Morgan fingerprint density at radius 3 is 2.58 bits per heavy atom. The number of hydrogen-bond donors (Lipinski definition) is 2. The summed E-state index contributed by atoms with van der Waals surface area (Å²) in [7, 11) is 3.11. The molecular weight excluding hydrogens is 437 g/mol. The molecule has 2 atom stereocenters. The molecule has 2 fully saturated rings. The molecule has 1 aromatic carbocycles. The Morgan fingerprint density at radius 1 is 1.24 bits per heavy atom. The van der Waals surface area contributed by atoms with Crippen molar-refractivity contribution in [3.05, 3.63) is 35.6 Å². The van der Waals surface area contributed by atoms with Crippen molar-refractivity contribution in [2.24, 2.45) is 0 Å². The number of urea groups is 1. The van der Waals surface area contributed by atoms with Gasteiger partial charge in [0.05, 0.1) is 19.5 Å². The van der Waals surface area contributed by atoms with Crippen LogP contribution in [0.1, 0.15) is 18.4 Å². The standard InChI is InChI=1S/C21H28FN5O6/c1-24-13-18(28)26-16(10-19(29)30)20(31)25(8-3-9-33-2)12-17(26)27(24)21(32)23-11-14-4-6-15(22)7-5-14/h4-7,16-17H,3,8-13H2,1-2H3,(H,23,32)(H,29,30)/t16-,17-/m0/s1. The number of ether oxygens (including phenoxy) is 1. The van der Waals surface area contributed by atoms with E-state index in [9.17, 15) is 28.7 Å². The number of hydrazine groups is 1. The first-order valence-electron chi connectivity index (χ1n) is 10.6. The van der Waals surface area contributed by atoms with Crippen LogP contribution in [0, 0.1) is 5.82 Å². The van der Waals surface area contributed by atoms with Gasteiger partial charge < -0.3 is 25.0 Å². The second-order valence-corrected chi connectivity index (χ2v) is 7.97. The van der Waals surface area contributed by atoms with Crippen LogP contribution in [0.25, 0.3) is 0 Å². The summed E-state index contributed by atoms with van der Waals surface area (Å²) >= 11 is 0.